The molecule has 3 aromatic rings. The van der Waals surface area contributed by atoms with Crippen LogP contribution in [-0.2, 0) is 12.7 Å². The van der Waals surface area contributed by atoms with Gasteiger partial charge in [0.15, 0.2) is 5.13 Å². The number of rotatable bonds is 4. The third-order valence-corrected chi connectivity index (χ3v) is 7.58. The lowest BCUT2D eigenvalue weighted by atomic mass is 9.72. The van der Waals surface area contributed by atoms with E-state index >= 15 is 0 Å². The van der Waals surface area contributed by atoms with E-state index in [2.05, 4.69) is 19.9 Å². The van der Waals surface area contributed by atoms with E-state index in [0.717, 1.165) is 43.1 Å². The van der Waals surface area contributed by atoms with Crippen molar-refractivity contribution < 1.29 is 18.1 Å². The fourth-order valence-corrected chi connectivity index (χ4v) is 5.81. The Morgan fingerprint density at radius 2 is 1.82 bits per heavy atom. The summed E-state index contributed by atoms with van der Waals surface area (Å²) in [5, 5.41) is 11.4. The molecule has 5 rings (SSSR count). The quantitative estimate of drug-likeness (QED) is 0.403. The van der Waals surface area contributed by atoms with Crippen molar-refractivity contribution in [2.45, 2.75) is 25.6 Å². The van der Waals surface area contributed by atoms with Crippen molar-refractivity contribution in [1.29, 1.82) is 0 Å². The number of anilines is 1. The highest BCUT2D eigenvalue weighted by Gasteiger charge is 2.45. The van der Waals surface area contributed by atoms with Crippen LogP contribution in [0, 0.1) is 15.5 Å². The van der Waals surface area contributed by atoms with Gasteiger partial charge >= 0.3 is 6.18 Å². The van der Waals surface area contributed by atoms with Crippen LogP contribution in [0.2, 0.25) is 0 Å². The molecule has 4 heterocycles. The zero-order valence-corrected chi connectivity index (χ0v) is 18.6. The first-order valence-electron chi connectivity index (χ1n) is 10.6. The summed E-state index contributed by atoms with van der Waals surface area (Å²) in [5.74, 6) is 0.773. The molecule has 2 fully saturated rings. The minimum atomic E-state index is -4.81. The minimum Gasteiger partial charge on any atom is -0.348 e. The fourth-order valence-electron chi connectivity index (χ4n) is 4.69. The standard InChI is InChI=1S/C21H19F3N6O3S/c22-21(23,24)13-8-14-17(15(9-13)30(32)33)34-19(27-18(14)31)29-6-2-20(3-7-29)11-28(12-20)10-16-25-4-1-5-26-16/h1,4-5,8-9H,2-3,6-7,10-12H2. The van der Waals surface area contributed by atoms with Gasteiger partial charge in [-0.1, -0.05) is 11.3 Å². The molecule has 2 aromatic heterocycles. The lowest BCUT2D eigenvalue weighted by Crippen LogP contribution is -2.60. The summed E-state index contributed by atoms with van der Waals surface area (Å²) in [5.41, 5.74) is -2.71. The first-order chi connectivity index (χ1) is 16.1. The lowest BCUT2D eigenvalue weighted by molar-refractivity contribution is -0.383. The number of nitro benzene ring substituents is 1. The van der Waals surface area contributed by atoms with Crippen molar-refractivity contribution in [3.05, 3.63) is 62.4 Å². The van der Waals surface area contributed by atoms with Crippen LogP contribution < -0.4 is 10.5 Å². The summed E-state index contributed by atoms with van der Waals surface area (Å²) in [4.78, 5) is 39.8. The van der Waals surface area contributed by atoms with Gasteiger partial charge in [0.05, 0.1) is 22.4 Å². The van der Waals surface area contributed by atoms with Gasteiger partial charge < -0.3 is 4.90 Å². The monoisotopic (exact) mass is 492 g/mol. The van der Waals surface area contributed by atoms with E-state index in [0.29, 0.717) is 36.9 Å². The second kappa shape index (κ2) is 8.24. The number of nitro groups is 1. The summed E-state index contributed by atoms with van der Waals surface area (Å²) < 4.78 is 39.4. The molecule has 0 aliphatic carbocycles. The predicted octanol–water partition coefficient (Wildman–Crippen LogP) is 3.48. The van der Waals surface area contributed by atoms with Crippen molar-refractivity contribution in [3.63, 3.8) is 0 Å². The molecule has 2 aliphatic heterocycles. The number of hydrogen-bond acceptors (Lipinski definition) is 9. The largest absolute Gasteiger partial charge is 0.416 e. The summed E-state index contributed by atoms with van der Waals surface area (Å²) >= 11 is 0.889. The average Bonchev–Trinajstić information content (AvgIpc) is 2.78. The Kier molecular flexibility index (Phi) is 5.47. The van der Waals surface area contributed by atoms with E-state index in [1.54, 1.807) is 18.5 Å². The number of fused-ring (bicyclic) bond motifs is 1. The number of hydrogen-bond donors (Lipinski definition) is 0. The van der Waals surface area contributed by atoms with Gasteiger partial charge in [-0.25, -0.2) is 9.97 Å². The highest BCUT2D eigenvalue weighted by molar-refractivity contribution is 7.22. The second-order valence-corrected chi connectivity index (χ2v) is 9.70. The topological polar surface area (TPSA) is 105 Å². The first-order valence-corrected chi connectivity index (χ1v) is 11.4. The Hall–Kier alpha value is -3.19. The molecule has 0 amide bonds. The molecule has 1 aromatic carbocycles. The number of halogens is 3. The predicted molar refractivity (Wildman–Crippen MR) is 119 cm³/mol. The van der Waals surface area contributed by atoms with E-state index in [-0.39, 0.29) is 15.5 Å². The van der Waals surface area contributed by atoms with Gasteiger partial charge in [0.25, 0.3) is 11.2 Å². The smallest absolute Gasteiger partial charge is 0.348 e. The number of nitrogens with zero attached hydrogens (tertiary/aromatic N) is 6. The molecule has 1 spiro atoms. The molecule has 0 radical (unpaired) electrons. The molecular weight excluding hydrogens is 473 g/mol. The highest BCUT2D eigenvalue weighted by Crippen LogP contribution is 2.43. The summed E-state index contributed by atoms with van der Waals surface area (Å²) in [6, 6.07) is 2.89. The van der Waals surface area contributed by atoms with Crippen molar-refractivity contribution in [1.82, 2.24) is 19.9 Å². The zero-order valence-electron chi connectivity index (χ0n) is 17.8. The van der Waals surface area contributed by atoms with E-state index in [4.69, 9.17) is 0 Å². The van der Waals surface area contributed by atoms with Crippen LogP contribution in [0.15, 0.2) is 35.4 Å². The molecule has 0 saturated carbocycles. The first kappa shape index (κ1) is 22.6. The third kappa shape index (κ3) is 4.20. The van der Waals surface area contributed by atoms with E-state index in [9.17, 15) is 28.1 Å². The maximum Gasteiger partial charge on any atom is 0.416 e. The molecule has 178 valence electrons. The number of aromatic nitrogens is 3. The number of non-ortho nitro benzene ring substituents is 1. The maximum absolute atomic E-state index is 13.2. The normalized spacial score (nSPS) is 18.3. The van der Waals surface area contributed by atoms with E-state index < -0.39 is 27.9 Å². The maximum atomic E-state index is 13.2. The molecule has 0 unspecified atom stereocenters. The molecular formula is C21H19F3N6O3S. The summed E-state index contributed by atoms with van der Waals surface area (Å²) in [6.07, 6.45) is 0.336. The number of benzene rings is 1. The van der Waals surface area contributed by atoms with Gasteiger partial charge in [-0.15, -0.1) is 0 Å². The van der Waals surface area contributed by atoms with Gasteiger partial charge in [0, 0.05) is 44.6 Å². The van der Waals surface area contributed by atoms with Crippen LogP contribution >= 0.6 is 11.3 Å². The van der Waals surface area contributed by atoms with Crippen LogP contribution in [0.1, 0.15) is 24.2 Å². The Balaban J connectivity index is 1.33. The van der Waals surface area contributed by atoms with Gasteiger partial charge in [-0.3, -0.25) is 19.8 Å². The number of likely N-dealkylation sites (tertiary alicyclic amines) is 1. The molecule has 0 bridgehead atoms. The third-order valence-electron chi connectivity index (χ3n) is 6.41. The van der Waals surface area contributed by atoms with E-state index in [1.165, 1.54) is 0 Å². The van der Waals surface area contributed by atoms with Gasteiger partial charge in [0.1, 0.15) is 10.5 Å². The number of alkyl halides is 3. The molecule has 13 heteroatoms. The van der Waals surface area contributed by atoms with Crippen LogP contribution in [0.4, 0.5) is 24.0 Å². The van der Waals surface area contributed by atoms with Crippen LogP contribution in [0.5, 0.6) is 0 Å². The molecule has 2 saturated heterocycles. The van der Waals surface area contributed by atoms with Crippen LogP contribution in [-0.4, -0.2) is 51.0 Å². The van der Waals surface area contributed by atoms with Gasteiger partial charge in [-0.05, 0) is 30.4 Å². The fraction of sp³-hybridized carbons (Fsp3) is 0.429. The zero-order chi connectivity index (χ0) is 24.1. The minimum absolute atomic E-state index is 0.0917. The van der Waals surface area contributed by atoms with E-state index in [1.807, 2.05) is 4.90 Å². The average molecular weight is 492 g/mol. The Labute approximate surface area is 195 Å². The molecule has 2 aliphatic rings. The Morgan fingerprint density at radius 1 is 1.15 bits per heavy atom. The Morgan fingerprint density at radius 3 is 2.44 bits per heavy atom. The second-order valence-electron chi connectivity index (χ2n) is 8.73. The SMILES string of the molecule is O=c1nc(N2CCC3(CC2)CN(Cc2ncccn2)C3)sc2c([N+](=O)[O-])cc(C(F)(F)F)cc12. The number of piperidine rings is 1. The highest BCUT2D eigenvalue weighted by atomic mass is 32.1. The molecule has 0 N–H and O–H groups in total. The van der Waals surface area contributed by atoms with Crippen molar-refractivity contribution in [2.24, 2.45) is 5.41 Å². The Bertz CT molecular complexity index is 1300. The van der Waals surface area contributed by atoms with Crippen molar-refractivity contribution in [2.75, 3.05) is 31.1 Å². The molecule has 0 atom stereocenters. The molecule has 9 nitrogen and oxygen atoms in total. The van der Waals surface area contributed by atoms with Crippen molar-refractivity contribution in [3.8, 4) is 0 Å². The van der Waals surface area contributed by atoms with Crippen molar-refractivity contribution >= 4 is 32.2 Å². The van der Waals surface area contributed by atoms with Gasteiger partial charge in [-0.2, -0.15) is 18.2 Å². The van der Waals surface area contributed by atoms with Gasteiger partial charge in [0.2, 0.25) is 0 Å². The van der Waals surface area contributed by atoms with Crippen LogP contribution in [0.25, 0.3) is 10.1 Å². The van der Waals surface area contributed by atoms with Crippen LogP contribution in [0.3, 0.4) is 0 Å². The molecule has 34 heavy (non-hydrogen) atoms. The summed E-state index contributed by atoms with van der Waals surface area (Å²) in [6.45, 7) is 3.72. The lowest BCUT2D eigenvalue weighted by Gasteiger charge is -2.54. The summed E-state index contributed by atoms with van der Waals surface area (Å²) in [7, 11) is 0.